The summed E-state index contributed by atoms with van der Waals surface area (Å²) in [4.78, 5) is 13.0. The minimum absolute atomic E-state index is 0.0763. The van der Waals surface area contributed by atoms with Crippen LogP contribution >= 0.6 is 0 Å². The van der Waals surface area contributed by atoms with Gasteiger partial charge in [-0.2, -0.15) is 0 Å². The molecule has 6 heteroatoms. The summed E-state index contributed by atoms with van der Waals surface area (Å²) in [5.74, 6) is 0.333. The number of hydrogen-bond donors (Lipinski definition) is 1. The summed E-state index contributed by atoms with van der Waals surface area (Å²) in [6, 6.07) is 6.11. The van der Waals surface area contributed by atoms with E-state index in [9.17, 15) is 0 Å². The highest BCUT2D eigenvalue weighted by molar-refractivity contribution is 5.75. The Hall–Kier alpha value is -2.47. The lowest BCUT2D eigenvalue weighted by Crippen LogP contribution is -2.49. The van der Waals surface area contributed by atoms with E-state index in [0.717, 1.165) is 54.4 Å². The topological polar surface area (TPSA) is 82.6 Å². The highest BCUT2D eigenvalue weighted by Gasteiger charge is 2.62. The molecule has 1 aromatic carbocycles. The van der Waals surface area contributed by atoms with Crippen molar-refractivity contribution in [3.05, 3.63) is 48.0 Å². The molecule has 6 nitrogen and oxygen atoms in total. The predicted octanol–water partition coefficient (Wildman–Crippen LogP) is 3.45. The number of nitrogens with zero attached hydrogens (tertiary/aromatic N) is 3. The van der Waals surface area contributed by atoms with Crippen LogP contribution in [0.15, 0.2) is 41.9 Å². The molecule has 0 saturated heterocycles. The molecular weight excluding hydrogens is 364 g/mol. The molecule has 1 saturated carbocycles. The van der Waals surface area contributed by atoms with Crippen molar-refractivity contribution in [3.8, 4) is 11.1 Å². The van der Waals surface area contributed by atoms with Crippen LogP contribution in [0.5, 0.6) is 0 Å². The maximum atomic E-state index is 8.94. The number of rotatable bonds is 3. The maximum Gasteiger partial charge on any atom is 0.283 e. The number of methoxy groups -OCH3 is 1. The fourth-order valence-electron chi connectivity index (χ4n) is 5.75. The van der Waals surface area contributed by atoms with Crippen LogP contribution in [0.3, 0.4) is 0 Å². The van der Waals surface area contributed by atoms with Crippen molar-refractivity contribution >= 4 is 6.02 Å². The van der Waals surface area contributed by atoms with E-state index in [4.69, 9.17) is 22.9 Å². The second kappa shape index (κ2) is 6.80. The first-order valence-corrected chi connectivity index (χ1v) is 10.3. The molecule has 1 aliphatic heterocycles. The molecule has 2 spiro atoms. The van der Waals surface area contributed by atoms with Gasteiger partial charge in [-0.05, 0) is 54.4 Å². The van der Waals surface area contributed by atoms with Gasteiger partial charge in [-0.3, -0.25) is 0 Å². The lowest BCUT2D eigenvalue weighted by atomic mass is 9.59. The van der Waals surface area contributed by atoms with Gasteiger partial charge in [0.2, 0.25) is 0 Å². The summed E-state index contributed by atoms with van der Waals surface area (Å²) in [5.41, 5.74) is 8.22. The Morgan fingerprint density at radius 3 is 2.83 bits per heavy atom. The Kier molecular flexibility index (Phi) is 3.83. The molecule has 2 aliphatic carbocycles. The molecular formula is C23H28N4O2. The Labute approximate surface area is 174 Å². The van der Waals surface area contributed by atoms with Crippen molar-refractivity contribution in [1.29, 1.82) is 0 Å². The molecule has 0 bridgehead atoms. The SMILES string of the molecule is [2H]C1([2H])OC(N)=N[C@]12c1cc(-c3cncnc3)ccc1C[C@@]21CC[C@H](OC)[C@@H](CC)C1. The third kappa shape index (κ3) is 2.69. The van der Waals surface area contributed by atoms with Crippen LogP contribution in [0.4, 0.5) is 0 Å². The highest BCUT2D eigenvalue weighted by atomic mass is 16.5. The van der Waals surface area contributed by atoms with Gasteiger partial charge in [-0.1, -0.05) is 25.5 Å². The summed E-state index contributed by atoms with van der Waals surface area (Å²) in [6.07, 6.45) is 9.43. The minimum atomic E-state index is -2.04. The van der Waals surface area contributed by atoms with E-state index >= 15 is 0 Å². The van der Waals surface area contributed by atoms with Crippen LogP contribution in [0.2, 0.25) is 0 Å². The average molecular weight is 395 g/mol. The van der Waals surface area contributed by atoms with Crippen LogP contribution in [-0.2, 0) is 21.4 Å². The monoisotopic (exact) mass is 394 g/mol. The summed E-state index contributed by atoms with van der Waals surface area (Å²) in [7, 11) is 1.77. The lowest BCUT2D eigenvalue weighted by Gasteiger charge is -2.48. The summed E-state index contributed by atoms with van der Waals surface area (Å²) in [6.45, 7) is 0.141. The Bertz CT molecular complexity index is 1030. The number of nitrogens with two attached hydrogens (primary N) is 1. The van der Waals surface area contributed by atoms with Gasteiger partial charge in [0.1, 0.15) is 18.4 Å². The molecule has 1 aromatic heterocycles. The Balaban J connectivity index is 1.69. The number of ether oxygens (including phenoxy) is 2. The molecule has 3 aliphatic rings. The maximum absolute atomic E-state index is 8.94. The van der Waals surface area contributed by atoms with E-state index in [0.29, 0.717) is 5.92 Å². The smallest absolute Gasteiger partial charge is 0.283 e. The standard InChI is InChI=1S/C23H28N4O2/c1-3-15-9-22(7-6-20(15)28-2)10-17-5-4-16(18-11-25-14-26-12-18)8-19(17)23(22)13-29-21(24)27-23/h4-5,8,11-12,14-15,20H,3,6-7,9-10,13H2,1-2H3,(H2,24,27)/t15-,20-,22-,23-/m0/s1/i13D2. The van der Waals surface area contributed by atoms with E-state index in [2.05, 4.69) is 29.0 Å². The molecule has 2 heterocycles. The largest absolute Gasteiger partial charge is 0.462 e. The number of aliphatic imine (C=N–C) groups is 1. The first-order chi connectivity index (χ1) is 14.9. The molecule has 0 unspecified atom stereocenters. The number of benzene rings is 1. The van der Waals surface area contributed by atoms with Crippen LogP contribution in [0.1, 0.15) is 46.5 Å². The van der Waals surface area contributed by atoms with Crippen molar-refractivity contribution in [1.82, 2.24) is 9.97 Å². The first kappa shape index (κ1) is 16.3. The zero-order valence-corrected chi connectivity index (χ0v) is 16.9. The molecule has 4 atom stereocenters. The molecule has 0 radical (unpaired) electrons. The summed E-state index contributed by atoms with van der Waals surface area (Å²) >= 11 is 0. The van der Waals surface area contributed by atoms with E-state index in [-0.39, 0.29) is 12.1 Å². The number of fused-ring (bicyclic) bond motifs is 3. The van der Waals surface area contributed by atoms with Crippen molar-refractivity contribution in [2.45, 2.75) is 50.7 Å². The molecule has 0 amide bonds. The normalized spacial score (nSPS) is 35.7. The molecule has 152 valence electrons. The number of amidine groups is 1. The Morgan fingerprint density at radius 1 is 1.31 bits per heavy atom. The van der Waals surface area contributed by atoms with Crippen molar-refractivity contribution in [2.75, 3.05) is 13.7 Å². The van der Waals surface area contributed by atoms with Crippen LogP contribution < -0.4 is 5.73 Å². The van der Waals surface area contributed by atoms with E-state index in [1.165, 1.54) is 6.33 Å². The highest BCUT2D eigenvalue weighted by Crippen LogP contribution is 2.62. The van der Waals surface area contributed by atoms with Crippen molar-refractivity contribution < 1.29 is 12.2 Å². The van der Waals surface area contributed by atoms with Gasteiger partial charge >= 0.3 is 0 Å². The quantitative estimate of drug-likeness (QED) is 0.862. The Morgan fingerprint density at radius 2 is 2.14 bits per heavy atom. The van der Waals surface area contributed by atoms with Crippen LogP contribution in [0, 0.1) is 11.3 Å². The first-order valence-electron chi connectivity index (χ1n) is 11.3. The average Bonchev–Trinajstić information content (AvgIpc) is 3.18. The molecule has 29 heavy (non-hydrogen) atoms. The van der Waals surface area contributed by atoms with Crippen molar-refractivity contribution in [3.63, 3.8) is 0 Å². The zero-order valence-electron chi connectivity index (χ0n) is 18.9. The van der Waals surface area contributed by atoms with Crippen molar-refractivity contribution in [2.24, 2.45) is 22.1 Å². The second-order valence-corrected chi connectivity index (χ2v) is 8.51. The predicted molar refractivity (Wildman–Crippen MR) is 111 cm³/mol. The third-order valence-corrected chi connectivity index (χ3v) is 7.18. The van der Waals surface area contributed by atoms with Gasteiger partial charge in [0, 0.05) is 30.5 Å². The number of hydrogen-bond acceptors (Lipinski definition) is 6. The van der Waals surface area contributed by atoms with Gasteiger partial charge in [-0.15, -0.1) is 0 Å². The van der Waals surface area contributed by atoms with Crippen LogP contribution in [-0.4, -0.2) is 35.8 Å². The molecule has 2 aromatic rings. The zero-order chi connectivity index (χ0) is 21.9. The van der Waals surface area contributed by atoms with Gasteiger partial charge in [0.25, 0.3) is 6.02 Å². The second-order valence-electron chi connectivity index (χ2n) is 8.51. The lowest BCUT2D eigenvalue weighted by molar-refractivity contribution is -0.0514. The van der Waals surface area contributed by atoms with Gasteiger partial charge < -0.3 is 15.2 Å². The van der Waals surface area contributed by atoms with Gasteiger partial charge in [-0.25, -0.2) is 15.0 Å². The minimum Gasteiger partial charge on any atom is -0.462 e. The van der Waals surface area contributed by atoms with E-state index in [1.807, 2.05) is 6.07 Å². The molecule has 2 N–H and O–H groups in total. The summed E-state index contributed by atoms with van der Waals surface area (Å²) in [5, 5.41) is 0. The molecule has 1 fully saturated rings. The van der Waals surface area contributed by atoms with E-state index in [1.54, 1.807) is 19.5 Å². The fourth-order valence-corrected chi connectivity index (χ4v) is 5.75. The number of aromatic nitrogens is 2. The fraction of sp³-hybridized carbons (Fsp3) is 0.522. The molecule has 5 rings (SSSR count). The summed E-state index contributed by atoms with van der Waals surface area (Å²) < 4.78 is 29.2. The van der Waals surface area contributed by atoms with Crippen LogP contribution in [0.25, 0.3) is 11.1 Å². The van der Waals surface area contributed by atoms with Gasteiger partial charge in [0.05, 0.1) is 8.85 Å². The van der Waals surface area contributed by atoms with Gasteiger partial charge in [0.15, 0.2) is 0 Å². The van der Waals surface area contributed by atoms with E-state index < -0.39 is 17.5 Å². The third-order valence-electron chi connectivity index (χ3n) is 7.18.